The molecular formula is C19H19NO2. The van der Waals surface area contributed by atoms with Crippen molar-refractivity contribution in [2.24, 2.45) is 0 Å². The quantitative estimate of drug-likeness (QED) is 0.920. The Balaban J connectivity index is 1.77. The van der Waals surface area contributed by atoms with Gasteiger partial charge in [-0.25, -0.2) is 0 Å². The van der Waals surface area contributed by atoms with Gasteiger partial charge in [0.1, 0.15) is 5.75 Å². The fraction of sp³-hybridized carbons (Fsp3) is 0.211. The third kappa shape index (κ3) is 3.37. The number of carbonyl (C=O) groups excluding carboxylic acids is 1. The number of allylic oxidation sites excluding steroid dienone is 2. The SMILES string of the molecule is COc1cccc(NC2=CC(=O)C[C@H](c3ccccc3)C2)c1. The molecule has 22 heavy (non-hydrogen) atoms. The molecule has 0 aromatic heterocycles. The van der Waals surface area contributed by atoms with Crippen molar-refractivity contribution in [1.29, 1.82) is 0 Å². The van der Waals surface area contributed by atoms with E-state index < -0.39 is 0 Å². The lowest BCUT2D eigenvalue weighted by Crippen LogP contribution is -2.16. The van der Waals surface area contributed by atoms with E-state index in [-0.39, 0.29) is 11.7 Å². The number of ketones is 1. The minimum Gasteiger partial charge on any atom is -0.497 e. The zero-order valence-corrected chi connectivity index (χ0v) is 12.6. The number of carbonyl (C=O) groups is 1. The Bertz CT molecular complexity index is 692. The fourth-order valence-electron chi connectivity index (χ4n) is 2.83. The molecule has 0 saturated heterocycles. The molecule has 0 radical (unpaired) electrons. The molecule has 0 saturated carbocycles. The lowest BCUT2D eigenvalue weighted by molar-refractivity contribution is -0.115. The second-order valence-corrected chi connectivity index (χ2v) is 5.51. The van der Waals surface area contributed by atoms with Crippen molar-refractivity contribution < 1.29 is 9.53 Å². The van der Waals surface area contributed by atoms with Gasteiger partial charge in [-0.1, -0.05) is 36.4 Å². The van der Waals surface area contributed by atoms with Gasteiger partial charge in [0.15, 0.2) is 5.78 Å². The minimum absolute atomic E-state index is 0.172. The van der Waals surface area contributed by atoms with Crippen molar-refractivity contribution in [3.63, 3.8) is 0 Å². The largest absolute Gasteiger partial charge is 0.497 e. The predicted molar refractivity (Wildman–Crippen MR) is 88.1 cm³/mol. The number of benzene rings is 2. The minimum atomic E-state index is 0.172. The summed E-state index contributed by atoms with van der Waals surface area (Å²) in [7, 11) is 1.65. The van der Waals surface area contributed by atoms with E-state index in [0.717, 1.165) is 23.6 Å². The van der Waals surface area contributed by atoms with Crippen LogP contribution in [-0.4, -0.2) is 12.9 Å². The first-order valence-electron chi connectivity index (χ1n) is 7.44. The number of ether oxygens (including phenoxy) is 1. The third-order valence-corrected chi connectivity index (χ3v) is 3.89. The Kier molecular flexibility index (Phi) is 4.24. The maximum atomic E-state index is 12.0. The highest BCUT2D eigenvalue weighted by atomic mass is 16.5. The molecule has 112 valence electrons. The Labute approximate surface area is 130 Å². The van der Waals surface area contributed by atoms with Crippen LogP contribution in [0.4, 0.5) is 5.69 Å². The molecule has 0 bridgehead atoms. The monoisotopic (exact) mass is 293 g/mol. The molecule has 0 amide bonds. The number of nitrogens with one attached hydrogen (secondary N) is 1. The van der Waals surface area contributed by atoms with Crippen LogP contribution in [0.15, 0.2) is 66.4 Å². The van der Waals surface area contributed by atoms with Crippen molar-refractivity contribution in [2.75, 3.05) is 12.4 Å². The van der Waals surface area contributed by atoms with E-state index in [9.17, 15) is 4.79 Å². The summed E-state index contributed by atoms with van der Waals surface area (Å²) in [6, 6.07) is 18.0. The maximum absolute atomic E-state index is 12.0. The number of methoxy groups -OCH3 is 1. The standard InChI is InChI=1S/C19H19NO2/c1-22-19-9-5-8-16(13-19)20-17-10-15(11-18(21)12-17)14-6-3-2-4-7-14/h2-9,12-13,15,20H,10-11H2,1H3/t15-/m1/s1. The molecule has 0 fully saturated rings. The second-order valence-electron chi connectivity index (χ2n) is 5.51. The molecular weight excluding hydrogens is 274 g/mol. The van der Waals surface area contributed by atoms with Crippen molar-refractivity contribution in [1.82, 2.24) is 0 Å². The molecule has 0 aliphatic heterocycles. The summed E-state index contributed by atoms with van der Waals surface area (Å²) in [5.74, 6) is 1.21. The molecule has 3 rings (SSSR count). The van der Waals surface area contributed by atoms with E-state index >= 15 is 0 Å². The van der Waals surface area contributed by atoms with Gasteiger partial charge in [-0.2, -0.15) is 0 Å². The van der Waals surface area contributed by atoms with E-state index in [1.807, 2.05) is 42.5 Å². The third-order valence-electron chi connectivity index (χ3n) is 3.89. The van der Waals surface area contributed by atoms with Gasteiger partial charge in [-0.05, 0) is 30.0 Å². The van der Waals surface area contributed by atoms with Crippen molar-refractivity contribution in [2.45, 2.75) is 18.8 Å². The first-order chi connectivity index (χ1) is 10.7. The molecule has 1 aliphatic carbocycles. The van der Waals surface area contributed by atoms with Crippen LogP contribution in [0, 0.1) is 0 Å². The van der Waals surface area contributed by atoms with Crippen molar-refractivity contribution in [3.8, 4) is 5.75 Å². The van der Waals surface area contributed by atoms with Gasteiger partial charge in [0.05, 0.1) is 7.11 Å². The molecule has 2 aromatic rings. The Morgan fingerprint density at radius 3 is 2.64 bits per heavy atom. The molecule has 2 aromatic carbocycles. The zero-order valence-electron chi connectivity index (χ0n) is 12.6. The lowest BCUT2D eigenvalue weighted by atomic mass is 9.85. The number of hydrogen-bond acceptors (Lipinski definition) is 3. The summed E-state index contributed by atoms with van der Waals surface area (Å²) in [6.07, 6.45) is 3.14. The zero-order chi connectivity index (χ0) is 15.4. The molecule has 0 spiro atoms. The van der Waals surface area contributed by atoms with E-state index in [2.05, 4.69) is 17.4 Å². The Hall–Kier alpha value is -2.55. The van der Waals surface area contributed by atoms with Crippen molar-refractivity contribution >= 4 is 11.5 Å². The van der Waals surface area contributed by atoms with Gasteiger partial charge < -0.3 is 10.1 Å². The molecule has 0 heterocycles. The summed E-state index contributed by atoms with van der Waals surface area (Å²) in [5.41, 5.74) is 3.11. The van der Waals surface area contributed by atoms with E-state index in [0.29, 0.717) is 6.42 Å². The van der Waals surface area contributed by atoms with E-state index in [1.54, 1.807) is 13.2 Å². The molecule has 3 heteroatoms. The van der Waals surface area contributed by atoms with Crippen LogP contribution in [0.2, 0.25) is 0 Å². The van der Waals surface area contributed by atoms with Crippen LogP contribution in [0.5, 0.6) is 5.75 Å². The average molecular weight is 293 g/mol. The van der Waals surface area contributed by atoms with Crippen molar-refractivity contribution in [3.05, 3.63) is 71.9 Å². The number of anilines is 1. The normalized spacial score (nSPS) is 17.8. The summed E-state index contributed by atoms with van der Waals surface area (Å²) < 4.78 is 5.23. The summed E-state index contributed by atoms with van der Waals surface area (Å²) in [4.78, 5) is 12.0. The Morgan fingerprint density at radius 1 is 1.05 bits per heavy atom. The average Bonchev–Trinajstić information content (AvgIpc) is 2.55. The number of rotatable bonds is 4. The summed E-state index contributed by atoms with van der Waals surface area (Å²) >= 11 is 0. The van der Waals surface area contributed by atoms with Gasteiger partial charge in [-0.3, -0.25) is 4.79 Å². The van der Waals surface area contributed by atoms with Crippen LogP contribution >= 0.6 is 0 Å². The number of hydrogen-bond donors (Lipinski definition) is 1. The van der Waals surface area contributed by atoms with Crippen LogP contribution in [0.25, 0.3) is 0 Å². The highest BCUT2D eigenvalue weighted by molar-refractivity contribution is 5.92. The maximum Gasteiger partial charge on any atom is 0.158 e. The lowest BCUT2D eigenvalue weighted by Gasteiger charge is -2.23. The van der Waals surface area contributed by atoms with Crippen LogP contribution in [-0.2, 0) is 4.79 Å². The first kappa shape index (κ1) is 14.4. The molecule has 3 nitrogen and oxygen atoms in total. The topological polar surface area (TPSA) is 38.3 Å². The van der Waals surface area contributed by atoms with Gasteiger partial charge >= 0.3 is 0 Å². The Morgan fingerprint density at radius 2 is 1.86 bits per heavy atom. The fourth-order valence-corrected chi connectivity index (χ4v) is 2.83. The van der Waals surface area contributed by atoms with Gasteiger partial charge in [0.25, 0.3) is 0 Å². The molecule has 1 aliphatic rings. The predicted octanol–water partition coefficient (Wildman–Crippen LogP) is 4.14. The van der Waals surface area contributed by atoms with Gasteiger partial charge in [0, 0.05) is 29.9 Å². The van der Waals surface area contributed by atoms with Gasteiger partial charge in [0.2, 0.25) is 0 Å². The molecule has 0 unspecified atom stereocenters. The summed E-state index contributed by atoms with van der Waals surface area (Å²) in [5, 5.41) is 3.35. The van der Waals surface area contributed by atoms with Crippen LogP contribution < -0.4 is 10.1 Å². The van der Waals surface area contributed by atoms with Crippen LogP contribution in [0.1, 0.15) is 24.3 Å². The smallest absolute Gasteiger partial charge is 0.158 e. The highest BCUT2D eigenvalue weighted by Crippen LogP contribution is 2.32. The second kappa shape index (κ2) is 6.48. The molecule has 1 atom stereocenters. The molecule has 1 N–H and O–H groups in total. The van der Waals surface area contributed by atoms with E-state index in [4.69, 9.17) is 4.74 Å². The van der Waals surface area contributed by atoms with E-state index in [1.165, 1.54) is 5.56 Å². The summed E-state index contributed by atoms with van der Waals surface area (Å²) in [6.45, 7) is 0. The van der Waals surface area contributed by atoms with Gasteiger partial charge in [-0.15, -0.1) is 0 Å². The first-order valence-corrected chi connectivity index (χ1v) is 7.44. The highest BCUT2D eigenvalue weighted by Gasteiger charge is 2.22. The van der Waals surface area contributed by atoms with Crippen LogP contribution in [0.3, 0.4) is 0 Å².